The molecule has 2 amide bonds. The van der Waals surface area contributed by atoms with Crippen LogP contribution < -0.4 is 16.0 Å². The maximum atomic E-state index is 11.4. The molecular weight excluding hydrogens is 254 g/mol. The Bertz CT molecular complexity index is 531. The fourth-order valence-corrected chi connectivity index (χ4v) is 2.97. The lowest BCUT2D eigenvalue weighted by Gasteiger charge is -2.28. The molecule has 1 aromatic rings. The Morgan fingerprint density at radius 3 is 2.15 bits per heavy atom. The molecule has 0 spiro atoms. The molecule has 3 rings (SSSR count). The van der Waals surface area contributed by atoms with Gasteiger partial charge in [0.15, 0.2) is 0 Å². The molecular formula is C15H19N3O2. The summed E-state index contributed by atoms with van der Waals surface area (Å²) in [6.07, 6.45) is 2.27. The summed E-state index contributed by atoms with van der Waals surface area (Å²) in [6.45, 7) is 2.50. The minimum atomic E-state index is -0.250. The number of amides is 2. The van der Waals surface area contributed by atoms with Gasteiger partial charge in [0, 0.05) is 17.1 Å². The summed E-state index contributed by atoms with van der Waals surface area (Å²) < 4.78 is 0. The van der Waals surface area contributed by atoms with Crippen molar-refractivity contribution in [2.24, 2.45) is 5.73 Å². The van der Waals surface area contributed by atoms with Gasteiger partial charge in [-0.2, -0.15) is 0 Å². The van der Waals surface area contributed by atoms with E-state index in [1.165, 1.54) is 5.56 Å². The lowest BCUT2D eigenvalue weighted by Crippen LogP contribution is -2.51. The first-order valence-corrected chi connectivity index (χ1v) is 6.95. The summed E-state index contributed by atoms with van der Waals surface area (Å²) in [5.74, 6) is -0.501. The number of piperazine rings is 1. The molecule has 2 fully saturated rings. The Morgan fingerprint density at radius 1 is 1.15 bits per heavy atom. The van der Waals surface area contributed by atoms with Crippen molar-refractivity contribution in [1.29, 1.82) is 0 Å². The first-order chi connectivity index (χ1) is 9.51. The van der Waals surface area contributed by atoms with Crippen molar-refractivity contribution >= 4 is 17.5 Å². The second kappa shape index (κ2) is 4.59. The van der Waals surface area contributed by atoms with Crippen molar-refractivity contribution in [3.05, 3.63) is 29.8 Å². The van der Waals surface area contributed by atoms with E-state index in [0.717, 1.165) is 18.5 Å². The number of imide groups is 1. The van der Waals surface area contributed by atoms with Crippen molar-refractivity contribution in [1.82, 2.24) is 5.32 Å². The van der Waals surface area contributed by atoms with Gasteiger partial charge in [-0.15, -0.1) is 0 Å². The van der Waals surface area contributed by atoms with Crippen molar-refractivity contribution in [3.8, 4) is 0 Å². The van der Waals surface area contributed by atoms with Gasteiger partial charge in [0.25, 0.3) is 0 Å². The highest BCUT2D eigenvalue weighted by molar-refractivity contribution is 6.02. The molecule has 20 heavy (non-hydrogen) atoms. The smallest absolute Gasteiger partial charge is 0.246 e. The third-order valence-corrected chi connectivity index (χ3v) is 4.42. The second-order valence-electron chi connectivity index (χ2n) is 5.82. The molecule has 1 aliphatic carbocycles. The molecule has 5 heteroatoms. The van der Waals surface area contributed by atoms with Gasteiger partial charge in [-0.05, 0) is 37.5 Å². The molecule has 1 aliphatic heterocycles. The van der Waals surface area contributed by atoms with E-state index >= 15 is 0 Å². The number of anilines is 1. The number of carbonyl (C=O) groups excluding carboxylic acids is 2. The van der Waals surface area contributed by atoms with Crippen LogP contribution >= 0.6 is 0 Å². The van der Waals surface area contributed by atoms with Crippen molar-refractivity contribution < 1.29 is 9.59 Å². The molecule has 1 saturated carbocycles. The standard InChI is InChI=1S/C15H19N3O2/c1-10(16)15(6-7-15)11-2-4-12(5-3-11)18-8-13(19)17-14(20)9-18/h2-5,10H,6-9,16H2,1H3,(H,17,19,20). The summed E-state index contributed by atoms with van der Waals surface area (Å²) in [7, 11) is 0. The predicted octanol–water partition coefficient (Wildman–Crippen LogP) is 0.528. The van der Waals surface area contributed by atoms with Gasteiger partial charge in [-0.1, -0.05) is 12.1 Å². The Labute approximate surface area is 118 Å². The van der Waals surface area contributed by atoms with Crippen LogP contribution in [0.1, 0.15) is 25.3 Å². The molecule has 1 unspecified atom stereocenters. The molecule has 106 valence electrons. The van der Waals surface area contributed by atoms with E-state index in [2.05, 4.69) is 24.4 Å². The van der Waals surface area contributed by atoms with Gasteiger partial charge < -0.3 is 10.6 Å². The number of benzene rings is 1. The molecule has 0 radical (unpaired) electrons. The highest BCUT2D eigenvalue weighted by Gasteiger charge is 2.47. The van der Waals surface area contributed by atoms with Gasteiger partial charge in [0.05, 0.1) is 13.1 Å². The number of nitrogens with zero attached hydrogens (tertiary/aromatic N) is 1. The van der Waals surface area contributed by atoms with E-state index in [9.17, 15) is 9.59 Å². The third-order valence-electron chi connectivity index (χ3n) is 4.42. The molecule has 1 atom stereocenters. The Hall–Kier alpha value is -1.88. The van der Waals surface area contributed by atoms with Crippen LogP contribution in [0.25, 0.3) is 0 Å². The van der Waals surface area contributed by atoms with Crippen LogP contribution in [0.4, 0.5) is 5.69 Å². The maximum absolute atomic E-state index is 11.4. The van der Waals surface area contributed by atoms with Gasteiger partial charge >= 0.3 is 0 Å². The number of carbonyl (C=O) groups is 2. The summed E-state index contributed by atoms with van der Waals surface area (Å²) in [4.78, 5) is 24.6. The first-order valence-electron chi connectivity index (χ1n) is 6.95. The predicted molar refractivity (Wildman–Crippen MR) is 76.4 cm³/mol. The molecule has 0 aromatic heterocycles. The zero-order valence-corrected chi connectivity index (χ0v) is 11.6. The van der Waals surface area contributed by atoms with Crippen LogP contribution in [0.3, 0.4) is 0 Å². The fourth-order valence-electron chi connectivity index (χ4n) is 2.97. The Balaban J connectivity index is 1.80. The van der Waals surface area contributed by atoms with E-state index in [4.69, 9.17) is 5.73 Å². The summed E-state index contributed by atoms with van der Waals surface area (Å²) >= 11 is 0. The van der Waals surface area contributed by atoms with Crippen LogP contribution in [0.2, 0.25) is 0 Å². The maximum Gasteiger partial charge on any atom is 0.246 e. The normalized spacial score (nSPS) is 22.4. The number of hydrogen-bond acceptors (Lipinski definition) is 4. The molecule has 1 aromatic carbocycles. The zero-order chi connectivity index (χ0) is 14.3. The lowest BCUT2D eigenvalue weighted by molar-refractivity contribution is -0.130. The van der Waals surface area contributed by atoms with E-state index < -0.39 is 0 Å². The van der Waals surface area contributed by atoms with Crippen LogP contribution in [-0.4, -0.2) is 30.9 Å². The third kappa shape index (κ3) is 2.18. The minimum absolute atomic E-state index is 0.133. The fraction of sp³-hybridized carbons (Fsp3) is 0.467. The summed E-state index contributed by atoms with van der Waals surface area (Å²) in [5.41, 5.74) is 8.36. The molecule has 0 bridgehead atoms. The number of hydrogen-bond donors (Lipinski definition) is 2. The molecule has 2 aliphatic rings. The van der Waals surface area contributed by atoms with Crippen molar-refractivity contribution in [3.63, 3.8) is 0 Å². The summed E-state index contributed by atoms with van der Waals surface area (Å²) in [5, 5.41) is 2.30. The van der Waals surface area contributed by atoms with Crippen LogP contribution in [-0.2, 0) is 15.0 Å². The monoisotopic (exact) mass is 273 g/mol. The van der Waals surface area contributed by atoms with Gasteiger partial charge in [-0.25, -0.2) is 0 Å². The molecule has 1 saturated heterocycles. The molecule has 5 nitrogen and oxygen atoms in total. The number of nitrogens with one attached hydrogen (secondary N) is 1. The van der Waals surface area contributed by atoms with E-state index in [-0.39, 0.29) is 36.4 Å². The topological polar surface area (TPSA) is 75.4 Å². The zero-order valence-electron chi connectivity index (χ0n) is 11.6. The van der Waals surface area contributed by atoms with Gasteiger partial charge in [0.2, 0.25) is 11.8 Å². The number of rotatable bonds is 3. The highest BCUT2D eigenvalue weighted by atomic mass is 16.2. The number of nitrogens with two attached hydrogens (primary N) is 1. The van der Waals surface area contributed by atoms with E-state index in [1.54, 1.807) is 4.90 Å². The minimum Gasteiger partial charge on any atom is -0.353 e. The van der Waals surface area contributed by atoms with Crippen LogP contribution in [0.5, 0.6) is 0 Å². The Kier molecular flexibility index (Phi) is 3.01. The Morgan fingerprint density at radius 2 is 1.70 bits per heavy atom. The quantitative estimate of drug-likeness (QED) is 0.788. The first kappa shape index (κ1) is 13.1. The van der Waals surface area contributed by atoms with Gasteiger partial charge in [0.1, 0.15) is 0 Å². The van der Waals surface area contributed by atoms with Crippen LogP contribution in [0.15, 0.2) is 24.3 Å². The average molecular weight is 273 g/mol. The van der Waals surface area contributed by atoms with Gasteiger partial charge in [-0.3, -0.25) is 14.9 Å². The molecule has 3 N–H and O–H groups in total. The lowest BCUT2D eigenvalue weighted by atomic mass is 9.89. The highest BCUT2D eigenvalue weighted by Crippen LogP contribution is 2.50. The average Bonchev–Trinajstić information content (AvgIpc) is 3.19. The summed E-state index contributed by atoms with van der Waals surface area (Å²) in [6, 6.07) is 8.24. The van der Waals surface area contributed by atoms with Crippen molar-refractivity contribution in [2.75, 3.05) is 18.0 Å². The van der Waals surface area contributed by atoms with Crippen molar-refractivity contribution in [2.45, 2.75) is 31.2 Å². The second-order valence-corrected chi connectivity index (χ2v) is 5.82. The van der Waals surface area contributed by atoms with E-state index in [1.807, 2.05) is 12.1 Å². The molecule has 1 heterocycles. The largest absolute Gasteiger partial charge is 0.353 e. The van der Waals surface area contributed by atoms with E-state index in [0.29, 0.717) is 0 Å². The van der Waals surface area contributed by atoms with Crippen LogP contribution in [0, 0.1) is 0 Å². The SMILES string of the molecule is CC(N)C1(c2ccc(N3CC(=O)NC(=O)C3)cc2)CC1.